The number of ether oxygens (including phenoxy) is 1. The highest BCUT2D eigenvalue weighted by molar-refractivity contribution is 5.95. The molecule has 1 aromatic rings. The molecule has 1 aromatic carbocycles. The summed E-state index contributed by atoms with van der Waals surface area (Å²) in [5, 5.41) is 5.04. The number of carbonyl (C=O) groups is 1. The fourth-order valence-corrected chi connectivity index (χ4v) is 1.58. The Bertz CT molecular complexity index is 462. The van der Waals surface area contributed by atoms with Crippen LogP contribution in [0.3, 0.4) is 0 Å². The summed E-state index contributed by atoms with van der Waals surface area (Å²) in [6.07, 6.45) is 0. The first kappa shape index (κ1) is 12.8. The lowest BCUT2D eigenvalue weighted by Gasteiger charge is -2.23. The molecule has 18 heavy (non-hydrogen) atoms. The molecule has 0 aromatic heterocycles. The summed E-state index contributed by atoms with van der Waals surface area (Å²) in [5.41, 5.74) is -0.397. The van der Waals surface area contributed by atoms with Gasteiger partial charge in [-0.2, -0.15) is 0 Å². The Kier molecular flexibility index (Phi) is 3.83. The first-order valence-corrected chi connectivity index (χ1v) is 5.35. The number of amides is 1. The van der Waals surface area contributed by atoms with Gasteiger partial charge in [0.05, 0.1) is 18.9 Å². The quantitative estimate of drug-likeness (QED) is 0.781. The van der Waals surface area contributed by atoms with Gasteiger partial charge in [-0.05, 0) is 12.1 Å². The van der Waals surface area contributed by atoms with Gasteiger partial charge in [0, 0.05) is 6.54 Å². The zero-order valence-electron chi connectivity index (χ0n) is 9.30. The summed E-state index contributed by atoms with van der Waals surface area (Å²) < 4.78 is 44.0. The lowest BCUT2D eigenvalue weighted by molar-refractivity contribution is -0.120. The molecule has 2 rings (SSSR count). The van der Waals surface area contributed by atoms with Gasteiger partial charge in [-0.25, -0.2) is 13.2 Å². The van der Waals surface area contributed by atoms with Crippen molar-refractivity contribution in [1.29, 1.82) is 0 Å². The molecular weight excluding hydrogens is 249 g/mol. The molecule has 0 spiro atoms. The van der Waals surface area contributed by atoms with Gasteiger partial charge in [0.2, 0.25) is 5.91 Å². The molecule has 4 nitrogen and oxygen atoms in total. The molecule has 1 fully saturated rings. The second-order valence-electron chi connectivity index (χ2n) is 3.79. The Morgan fingerprint density at radius 3 is 2.78 bits per heavy atom. The predicted octanol–water partition coefficient (Wildman–Crippen LogP) is 1.03. The number of halogens is 3. The maximum Gasteiger partial charge on any atom is 0.243 e. The van der Waals surface area contributed by atoms with Crippen LogP contribution in [-0.2, 0) is 9.53 Å². The topological polar surface area (TPSA) is 50.4 Å². The second kappa shape index (κ2) is 5.36. The third kappa shape index (κ3) is 2.62. The number of carbonyl (C=O) groups excluding carboxylic acids is 1. The second-order valence-corrected chi connectivity index (χ2v) is 3.79. The maximum absolute atomic E-state index is 13.3. The molecule has 1 heterocycles. The highest BCUT2D eigenvalue weighted by Crippen LogP contribution is 2.19. The van der Waals surface area contributed by atoms with E-state index < -0.39 is 35.1 Å². The minimum Gasteiger partial charge on any atom is -0.378 e. The van der Waals surface area contributed by atoms with Crippen molar-refractivity contribution < 1.29 is 22.7 Å². The Balaban J connectivity index is 2.09. The van der Waals surface area contributed by atoms with E-state index in [1.807, 2.05) is 0 Å². The molecule has 1 atom stereocenters. The van der Waals surface area contributed by atoms with Crippen molar-refractivity contribution in [2.45, 2.75) is 6.04 Å². The third-order valence-corrected chi connectivity index (χ3v) is 2.53. The molecule has 1 aliphatic heterocycles. The van der Waals surface area contributed by atoms with Gasteiger partial charge in [-0.1, -0.05) is 0 Å². The van der Waals surface area contributed by atoms with Crippen LogP contribution in [0.5, 0.6) is 0 Å². The van der Waals surface area contributed by atoms with Crippen LogP contribution in [0.4, 0.5) is 18.9 Å². The fraction of sp³-hybridized carbons (Fsp3) is 0.364. The van der Waals surface area contributed by atoms with Crippen LogP contribution >= 0.6 is 0 Å². The van der Waals surface area contributed by atoms with Gasteiger partial charge in [0.25, 0.3) is 0 Å². The summed E-state index contributed by atoms with van der Waals surface area (Å²) >= 11 is 0. The van der Waals surface area contributed by atoms with E-state index in [9.17, 15) is 18.0 Å². The van der Waals surface area contributed by atoms with Crippen LogP contribution in [0.15, 0.2) is 12.1 Å². The third-order valence-electron chi connectivity index (χ3n) is 2.53. The lowest BCUT2D eigenvalue weighted by Crippen LogP contribution is -2.48. The summed E-state index contributed by atoms with van der Waals surface area (Å²) in [4.78, 5) is 11.7. The smallest absolute Gasteiger partial charge is 0.243 e. The highest BCUT2D eigenvalue weighted by Gasteiger charge is 2.23. The number of morpholine rings is 1. The van der Waals surface area contributed by atoms with E-state index in [0.717, 1.165) is 12.1 Å². The Hall–Kier alpha value is -1.60. The largest absolute Gasteiger partial charge is 0.378 e. The number of benzene rings is 1. The Morgan fingerprint density at radius 1 is 1.33 bits per heavy atom. The van der Waals surface area contributed by atoms with E-state index in [1.165, 1.54) is 0 Å². The average molecular weight is 260 g/mol. The normalized spacial score (nSPS) is 19.6. The van der Waals surface area contributed by atoms with Crippen molar-refractivity contribution in [1.82, 2.24) is 5.32 Å². The number of nitrogens with one attached hydrogen (secondary N) is 2. The minimum atomic E-state index is -1.61. The van der Waals surface area contributed by atoms with Crippen LogP contribution in [0.2, 0.25) is 0 Å². The van der Waals surface area contributed by atoms with Gasteiger partial charge >= 0.3 is 0 Å². The number of anilines is 1. The molecule has 7 heteroatoms. The molecular formula is C11H11F3N2O2. The molecule has 0 radical (unpaired) electrons. The minimum absolute atomic E-state index is 0.150. The fourth-order valence-electron chi connectivity index (χ4n) is 1.58. The number of rotatable bonds is 2. The Morgan fingerprint density at radius 2 is 2.11 bits per heavy atom. The summed E-state index contributed by atoms with van der Waals surface area (Å²) in [5.74, 6) is -4.88. The van der Waals surface area contributed by atoms with Gasteiger partial charge < -0.3 is 15.4 Å². The zero-order chi connectivity index (χ0) is 13.1. The van der Waals surface area contributed by atoms with Crippen molar-refractivity contribution in [2.75, 3.05) is 25.1 Å². The molecule has 1 saturated heterocycles. The summed E-state index contributed by atoms with van der Waals surface area (Å²) in [6, 6.07) is 1.08. The van der Waals surface area contributed by atoms with Crippen LogP contribution in [0.25, 0.3) is 0 Å². The van der Waals surface area contributed by atoms with E-state index in [0.29, 0.717) is 13.2 Å². The van der Waals surface area contributed by atoms with E-state index >= 15 is 0 Å². The molecule has 0 aliphatic carbocycles. The maximum atomic E-state index is 13.3. The van der Waals surface area contributed by atoms with Crippen LogP contribution in [0.1, 0.15) is 0 Å². The molecule has 0 saturated carbocycles. The van der Waals surface area contributed by atoms with E-state index in [1.54, 1.807) is 0 Å². The van der Waals surface area contributed by atoms with Gasteiger partial charge in [0.1, 0.15) is 6.04 Å². The van der Waals surface area contributed by atoms with E-state index in [-0.39, 0.29) is 6.61 Å². The zero-order valence-corrected chi connectivity index (χ0v) is 9.30. The summed E-state index contributed by atoms with van der Waals surface area (Å²) in [7, 11) is 0. The van der Waals surface area contributed by atoms with Crippen LogP contribution in [0, 0.1) is 17.5 Å². The number of hydrogen-bond acceptors (Lipinski definition) is 3. The monoisotopic (exact) mass is 260 g/mol. The summed E-state index contributed by atoms with van der Waals surface area (Å²) in [6.45, 7) is 1.14. The van der Waals surface area contributed by atoms with Gasteiger partial charge in [-0.15, -0.1) is 0 Å². The van der Waals surface area contributed by atoms with Gasteiger partial charge in [-0.3, -0.25) is 4.79 Å². The molecule has 1 amide bonds. The molecule has 98 valence electrons. The molecule has 1 aliphatic rings. The standard InChI is InChI=1S/C11H11F3N2O2/c12-6-1-2-7(10(14)9(6)13)16-11(17)8-5-18-4-3-15-8/h1-2,8,15H,3-5H2,(H,16,17). The van der Waals surface area contributed by atoms with E-state index in [2.05, 4.69) is 10.6 Å². The molecule has 1 unspecified atom stereocenters. The van der Waals surface area contributed by atoms with Crippen molar-refractivity contribution >= 4 is 11.6 Å². The molecule has 0 bridgehead atoms. The predicted molar refractivity (Wildman–Crippen MR) is 57.6 cm³/mol. The van der Waals surface area contributed by atoms with Crippen molar-refractivity contribution in [3.05, 3.63) is 29.6 Å². The van der Waals surface area contributed by atoms with Crippen molar-refractivity contribution in [3.63, 3.8) is 0 Å². The average Bonchev–Trinajstić information content (AvgIpc) is 2.40. The van der Waals surface area contributed by atoms with Crippen LogP contribution < -0.4 is 10.6 Å². The Labute approximate surface area is 101 Å². The van der Waals surface area contributed by atoms with E-state index in [4.69, 9.17) is 4.74 Å². The SMILES string of the molecule is O=C(Nc1ccc(F)c(F)c1F)C1COCCN1. The first-order valence-electron chi connectivity index (χ1n) is 5.35. The highest BCUT2D eigenvalue weighted by atomic mass is 19.2. The lowest BCUT2D eigenvalue weighted by atomic mass is 10.2. The van der Waals surface area contributed by atoms with Crippen molar-refractivity contribution in [3.8, 4) is 0 Å². The van der Waals surface area contributed by atoms with Gasteiger partial charge in [0.15, 0.2) is 17.5 Å². The first-order chi connectivity index (χ1) is 8.59. The molecule has 2 N–H and O–H groups in total. The number of hydrogen-bond donors (Lipinski definition) is 2. The van der Waals surface area contributed by atoms with Crippen LogP contribution in [-0.4, -0.2) is 31.7 Å². The van der Waals surface area contributed by atoms with Crippen molar-refractivity contribution in [2.24, 2.45) is 0 Å².